The lowest BCUT2D eigenvalue weighted by molar-refractivity contribution is -0.181. The van der Waals surface area contributed by atoms with Crippen LogP contribution in [0.2, 0.25) is 0 Å². The standard InChI is InChI=1S/C29H30O7/c1-17(2)25(30)34-15-9-14-33-18(3)16-35-29-21-12-7-5-10-19(21)23(20-11-6-8-13-22(20)29)24-26(31)36-27(32)28(24,29)4/h5-8,10-13,18,23-24H,1,9,14-16H2,2-4H3. The molecule has 1 heterocycles. The Kier molecular flexibility index (Phi) is 6.09. The third-order valence-corrected chi connectivity index (χ3v) is 7.72. The van der Waals surface area contributed by atoms with Gasteiger partial charge < -0.3 is 18.9 Å². The van der Waals surface area contributed by atoms with Crippen LogP contribution in [0.4, 0.5) is 0 Å². The predicted molar refractivity (Wildman–Crippen MR) is 130 cm³/mol. The molecule has 0 amide bonds. The van der Waals surface area contributed by atoms with Gasteiger partial charge >= 0.3 is 17.9 Å². The van der Waals surface area contributed by atoms with Gasteiger partial charge in [-0.25, -0.2) is 4.79 Å². The average Bonchev–Trinajstić information content (AvgIpc) is 3.11. The van der Waals surface area contributed by atoms with E-state index in [0.717, 1.165) is 22.3 Å². The van der Waals surface area contributed by atoms with Crippen molar-refractivity contribution in [3.63, 3.8) is 0 Å². The maximum absolute atomic E-state index is 13.3. The Balaban J connectivity index is 1.43. The minimum Gasteiger partial charge on any atom is -0.462 e. The lowest BCUT2D eigenvalue weighted by Crippen LogP contribution is -2.62. The highest BCUT2D eigenvalue weighted by Gasteiger charge is 2.75. The number of carbonyl (C=O) groups excluding carboxylic acids is 3. The summed E-state index contributed by atoms with van der Waals surface area (Å²) in [5, 5.41) is 0. The smallest absolute Gasteiger partial charge is 0.333 e. The zero-order chi connectivity index (χ0) is 25.7. The first kappa shape index (κ1) is 24.4. The molecule has 188 valence electrons. The van der Waals surface area contributed by atoms with E-state index in [-0.39, 0.29) is 25.2 Å². The third-order valence-electron chi connectivity index (χ3n) is 7.72. The topological polar surface area (TPSA) is 88.1 Å². The van der Waals surface area contributed by atoms with Crippen LogP contribution in [0.1, 0.15) is 55.4 Å². The first-order valence-electron chi connectivity index (χ1n) is 12.3. The van der Waals surface area contributed by atoms with Crippen LogP contribution in [-0.2, 0) is 38.9 Å². The maximum Gasteiger partial charge on any atom is 0.333 e. The van der Waals surface area contributed by atoms with E-state index in [4.69, 9.17) is 18.9 Å². The Hall–Kier alpha value is -3.29. The molecular weight excluding hydrogens is 460 g/mol. The number of hydrogen-bond donors (Lipinski definition) is 0. The number of esters is 3. The number of carbonyl (C=O) groups is 3. The van der Waals surface area contributed by atoms with Gasteiger partial charge in [0.15, 0.2) is 0 Å². The molecule has 4 aliphatic rings. The highest BCUT2D eigenvalue weighted by atomic mass is 16.6. The van der Waals surface area contributed by atoms with E-state index in [9.17, 15) is 14.4 Å². The molecule has 36 heavy (non-hydrogen) atoms. The van der Waals surface area contributed by atoms with Crippen LogP contribution in [0.5, 0.6) is 0 Å². The fourth-order valence-electron chi connectivity index (χ4n) is 6.09. The van der Waals surface area contributed by atoms with Crippen LogP contribution < -0.4 is 0 Å². The normalized spacial score (nSPS) is 28.1. The summed E-state index contributed by atoms with van der Waals surface area (Å²) in [5.74, 6) is -2.43. The number of hydrogen-bond acceptors (Lipinski definition) is 7. The molecule has 2 aromatic carbocycles. The summed E-state index contributed by atoms with van der Waals surface area (Å²) < 4.78 is 23.1. The molecule has 3 aliphatic carbocycles. The third kappa shape index (κ3) is 3.37. The zero-order valence-electron chi connectivity index (χ0n) is 20.7. The van der Waals surface area contributed by atoms with Crippen LogP contribution in [0, 0.1) is 11.3 Å². The molecule has 3 atom stereocenters. The summed E-state index contributed by atoms with van der Waals surface area (Å²) in [7, 11) is 0. The summed E-state index contributed by atoms with van der Waals surface area (Å²) in [5.41, 5.74) is 1.69. The van der Waals surface area contributed by atoms with E-state index in [1.807, 2.05) is 55.5 Å². The monoisotopic (exact) mass is 490 g/mol. The molecule has 1 fully saturated rings. The van der Waals surface area contributed by atoms with Gasteiger partial charge in [-0.05, 0) is 43.0 Å². The van der Waals surface area contributed by atoms with E-state index < -0.39 is 34.8 Å². The fraction of sp³-hybridized carbons (Fsp3) is 0.414. The largest absolute Gasteiger partial charge is 0.462 e. The van der Waals surface area contributed by atoms with Crippen molar-refractivity contribution < 1.29 is 33.3 Å². The molecule has 0 N–H and O–H groups in total. The zero-order valence-corrected chi connectivity index (χ0v) is 20.7. The lowest BCUT2D eigenvalue weighted by Gasteiger charge is -2.58. The Bertz CT molecular complexity index is 1200. The van der Waals surface area contributed by atoms with Crippen molar-refractivity contribution >= 4 is 17.9 Å². The summed E-state index contributed by atoms with van der Waals surface area (Å²) in [6.07, 6.45) is 0.216. The van der Waals surface area contributed by atoms with Crippen LogP contribution in [0.25, 0.3) is 0 Å². The van der Waals surface area contributed by atoms with Gasteiger partial charge in [-0.2, -0.15) is 0 Å². The Labute approximate surface area is 210 Å². The molecule has 1 saturated heterocycles. The quantitative estimate of drug-likeness (QED) is 0.227. The first-order chi connectivity index (χ1) is 17.2. The van der Waals surface area contributed by atoms with E-state index in [2.05, 4.69) is 6.58 Å². The molecule has 0 spiro atoms. The Morgan fingerprint density at radius 1 is 1.06 bits per heavy atom. The molecule has 0 radical (unpaired) electrons. The molecule has 2 aromatic rings. The van der Waals surface area contributed by atoms with E-state index in [0.29, 0.717) is 18.6 Å². The van der Waals surface area contributed by atoms with Crippen molar-refractivity contribution in [2.45, 2.75) is 44.8 Å². The molecule has 7 nitrogen and oxygen atoms in total. The lowest BCUT2D eigenvalue weighted by atomic mass is 9.46. The summed E-state index contributed by atoms with van der Waals surface area (Å²) in [4.78, 5) is 37.9. The van der Waals surface area contributed by atoms with E-state index in [1.54, 1.807) is 13.8 Å². The SMILES string of the molecule is C=C(C)C(=O)OCCCOC(C)COC12c3ccccc3C(c3ccccc31)C1C(=O)OC(=O)C12C. The second-order valence-electron chi connectivity index (χ2n) is 9.98. The highest BCUT2D eigenvalue weighted by molar-refractivity contribution is 6.03. The number of benzene rings is 2. The molecule has 1 aliphatic heterocycles. The Morgan fingerprint density at radius 3 is 2.28 bits per heavy atom. The van der Waals surface area contributed by atoms with Crippen molar-refractivity contribution in [3.05, 3.63) is 82.9 Å². The second-order valence-corrected chi connectivity index (χ2v) is 9.98. The number of cyclic esters (lactones) is 2. The van der Waals surface area contributed by atoms with Gasteiger partial charge in [-0.3, -0.25) is 9.59 Å². The highest BCUT2D eigenvalue weighted by Crippen LogP contribution is 2.69. The van der Waals surface area contributed by atoms with Crippen LogP contribution >= 0.6 is 0 Å². The van der Waals surface area contributed by atoms with Gasteiger partial charge in [0.2, 0.25) is 0 Å². The van der Waals surface area contributed by atoms with Crippen molar-refractivity contribution in [1.29, 1.82) is 0 Å². The maximum atomic E-state index is 13.3. The van der Waals surface area contributed by atoms with Gasteiger partial charge in [0.25, 0.3) is 0 Å². The van der Waals surface area contributed by atoms with Gasteiger partial charge in [0.1, 0.15) is 11.0 Å². The van der Waals surface area contributed by atoms with Gasteiger partial charge in [-0.15, -0.1) is 0 Å². The minimum atomic E-state index is -1.21. The second kappa shape index (κ2) is 8.98. The fourth-order valence-corrected chi connectivity index (χ4v) is 6.09. The molecule has 3 unspecified atom stereocenters. The van der Waals surface area contributed by atoms with Crippen LogP contribution in [0.15, 0.2) is 60.7 Å². The molecular formula is C29H30O7. The molecule has 7 heteroatoms. The van der Waals surface area contributed by atoms with Crippen LogP contribution in [0.3, 0.4) is 0 Å². The van der Waals surface area contributed by atoms with E-state index in [1.165, 1.54) is 0 Å². The van der Waals surface area contributed by atoms with Crippen molar-refractivity contribution in [1.82, 2.24) is 0 Å². The van der Waals surface area contributed by atoms with Gasteiger partial charge in [-0.1, -0.05) is 55.1 Å². The molecule has 6 rings (SSSR count). The summed E-state index contributed by atoms with van der Waals surface area (Å²) in [6.45, 7) is 9.64. The first-order valence-corrected chi connectivity index (χ1v) is 12.3. The van der Waals surface area contributed by atoms with Gasteiger partial charge in [0.05, 0.1) is 31.8 Å². The van der Waals surface area contributed by atoms with E-state index >= 15 is 0 Å². The van der Waals surface area contributed by atoms with Crippen LogP contribution in [-0.4, -0.2) is 43.8 Å². The summed E-state index contributed by atoms with van der Waals surface area (Å²) >= 11 is 0. The van der Waals surface area contributed by atoms with Crippen molar-refractivity contribution in [3.8, 4) is 0 Å². The number of ether oxygens (including phenoxy) is 4. The Morgan fingerprint density at radius 2 is 1.67 bits per heavy atom. The summed E-state index contributed by atoms with van der Waals surface area (Å²) in [6, 6.07) is 15.7. The van der Waals surface area contributed by atoms with Gasteiger partial charge in [0, 0.05) is 17.9 Å². The number of rotatable bonds is 9. The average molecular weight is 491 g/mol. The predicted octanol–water partition coefficient (Wildman–Crippen LogP) is 4.03. The molecule has 0 saturated carbocycles. The minimum absolute atomic E-state index is 0.183. The van der Waals surface area contributed by atoms with Crippen molar-refractivity contribution in [2.24, 2.45) is 11.3 Å². The molecule has 0 aromatic heterocycles. The molecule has 2 bridgehead atoms. The van der Waals surface area contributed by atoms with Crippen molar-refractivity contribution in [2.75, 3.05) is 19.8 Å².